The summed E-state index contributed by atoms with van der Waals surface area (Å²) in [7, 11) is 0. The molecule has 25 heavy (non-hydrogen) atoms. The van der Waals surface area contributed by atoms with E-state index in [9.17, 15) is 0 Å². The Labute approximate surface area is 146 Å². The molecule has 5 nitrogen and oxygen atoms in total. The van der Waals surface area contributed by atoms with Crippen molar-refractivity contribution in [2.45, 2.75) is 19.9 Å². The Hall–Kier alpha value is -3.26. The van der Waals surface area contributed by atoms with Gasteiger partial charge in [-0.15, -0.1) is 0 Å². The van der Waals surface area contributed by atoms with Crippen LogP contribution in [0, 0.1) is 18.3 Å². The highest BCUT2D eigenvalue weighted by Gasteiger charge is 2.20. The lowest BCUT2D eigenvalue weighted by Crippen LogP contribution is -2.32. The first-order chi connectivity index (χ1) is 12.2. The van der Waals surface area contributed by atoms with E-state index in [0.29, 0.717) is 5.56 Å². The standard InChI is InChI=1S/C20H17N5/c1-14-7-15(9-21)10-24-20(14)25-6-4-19-18(13-25)8-17(12-23-19)16-3-2-5-22-11-16/h2-3,5,7-8,10-12H,4,6,13H2,1H3. The highest BCUT2D eigenvalue weighted by atomic mass is 15.2. The average molecular weight is 327 g/mol. The van der Waals surface area contributed by atoms with E-state index in [1.807, 2.05) is 37.5 Å². The number of rotatable bonds is 2. The zero-order chi connectivity index (χ0) is 17.2. The molecule has 0 aliphatic carbocycles. The number of nitrogens with zero attached hydrogens (tertiary/aromatic N) is 5. The molecular formula is C20H17N5. The van der Waals surface area contributed by atoms with Crippen LogP contribution >= 0.6 is 0 Å². The van der Waals surface area contributed by atoms with Crippen molar-refractivity contribution in [2.24, 2.45) is 0 Å². The van der Waals surface area contributed by atoms with Gasteiger partial charge < -0.3 is 4.90 Å². The molecule has 122 valence electrons. The van der Waals surface area contributed by atoms with Crippen LogP contribution in [0.15, 0.2) is 49.1 Å². The average Bonchev–Trinajstić information content (AvgIpc) is 2.67. The lowest BCUT2D eigenvalue weighted by molar-refractivity contribution is 0.701. The van der Waals surface area contributed by atoms with Crippen LogP contribution in [0.2, 0.25) is 0 Å². The van der Waals surface area contributed by atoms with E-state index in [0.717, 1.165) is 47.7 Å². The monoisotopic (exact) mass is 327 g/mol. The maximum atomic E-state index is 9.02. The number of pyridine rings is 3. The molecule has 0 aromatic carbocycles. The second-order valence-electron chi connectivity index (χ2n) is 6.22. The summed E-state index contributed by atoms with van der Waals surface area (Å²) in [5.41, 5.74) is 6.15. The minimum Gasteiger partial charge on any atom is -0.352 e. The van der Waals surface area contributed by atoms with Crippen LogP contribution in [0.3, 0.4) is 0 Å². The van der Waals surface area contributed by atoms with Crippen LogP contribution in [0.5, 0.6) is 0 Å². The Morgan fingerprint density at radius 3 is 2.80 bits per heavy atom. The van der Waals surface area contributed by atoms with Gasteiger partial charge in [0.05, 0.1) is 5.56 Å². The molecule has 0 amide bonds. The number of hydrogen-bond donors (Lipinski definition) is 0. The van der Waals surface area contributed by atoms with Crippen molar-refractivity contribution in [1.29, 1.82) is 5.26 Å². The number of aryl methyl sites for hydroxylation is 1. The SMILES string of the molecule is Cc1cc(C#N)cnc1N1CCc2ncc(-c3cccnc3)cc2C1. The maximum absolute atomic E-state index is 9.02. The van der Waals surface area contributed by atoms with Crippen molar-refractivity contribution in [2.75, 3.05) is 11.4 Å². The zero-order valence-electron chi connectivity index (χ0n) is 14.0. The Morgan fingerprint density at radius 1 is 1.12 bits per heavy atom. The fourth-order valence-electron chi connectivity index (χ4n) is 3.26. The van der Waals surface area contributed by atoms with Crippen LogP contribution in [0.4, 0.5) is 5.82 Å². The minimum absolute atomic E-state index is 0.596. The fourth-order valence-corrected chi connectivity index (χ4v) is 3.26. The third-order valence-corrected chi connectivity index (χ3v) is 4.51. The predicted molar refractivity (Wildman–Crippen MR) is 95.9 cm³/mol. The van der Waals surface area contributed by atoms with Crippen molar-refractivity contribution < 1.29 is 0 Å². The summed E-state index contributed by atoms with van der Waals surface area (Å²) in [6.07, 6.45) is 8.09. The van der Waals surface area contributed by atoms with Crippen molar-refractivity contribution in [3.8, 4) is 17.2 Å². The molecule has 4 rings (SSSR count). The quantitative estimate of drug-likeness (QED) is 0.722. The molecular weight excluding hydrogens is 310 g/mol. The van der Waals surface area contributed by atoms with E-state index in [2.05, 4.69) is 32.0 Å². The van der Waals surface area contributed by atoms with Gasteiger partial charge in [0.25, 0.3) is 0 Å². The normalized spacial score (nSPS) is 13.2. The molecule has 0 unspecified atom stereocenters. The van der Waals surface area contributed by atoms with Crippen LogP contribution < -0.4 is 4.90 Å². The minimum atomic E-state index is 0.596. The van der Waals surface area contributed by atoms with Gasteiger partial charge in [0.15, 0.2) is 0 Å². The molecule has 4 heterocycles. The summed E-state index contributed by atoms with van der Waals surface area (Å²) in [5, 5.41) is 9.02. The lowest BCUT2D eigenvalue weighted by Gasteiger charge is -2.30. The maximum Gasteiger partial charge on any atom is 0.131 e. The Balaban J connectivity index is 1.65. The fraction of sp³-hybridized carbons (Fsp3) is 0.200. The molecule has 0 bridgehead atoms. The van der Waals surface area contributed by atoms with Gasteiger partial charge in [-0.05, 0) is 36.2 Å². The molecule has 0 spiro atoms. The predicted octanol–water partition coefficient (Wildman–Crippen LogP) is 3.28. The molecule has 0 N–H and O–H groups in total. The largest absolute Gasteiger partial charge is 0.352 e. The highest BCUT2D eigenvalue weighted by molar-refractivity contribution is 5.63. The summed E-state index contributed by atoms with van der Waals surface area (Å²) >= 11 is 0. The van der Waals surface area contributed by atoms with Crippen molar-refractivity contribution in [3.63, 3.8) is 0 Å². The summed E-state index contributed by atoms with van der Waals surface area (Å²) in [4.78, 5) is 15.6. The van der Waals surface area contributed by atoms with Crippen LogP contribution in [0.1, 0.15) is 22.4 Å². The second kappa shape index (κ2) is 6.33. The highest BCUT2D eigenvalue weighted by Crippen LogP contribution is 2.27. The first-order valence-electron chi connectivity index (χ1n) is 8.24. The molecule has 0 atom stereocenters. The van der Waals surface area contributed by atoms with Crippen molar-refractivity contribution in [1.82, 2.24) is 15.0 Å². The molecule has 0 saturated heterocycles. The Bertz CT molecular complexity index is 960. The lowest BCUT2D eigenvalue weighted by atomic mass is 10.0. The first-order valence-corrected chi connectivity index (χ1v) is 8.24. The van der Waals surface area contributed by atoms with E-state index in [1.165, 1.54) is 5.56 Å². The van der Waals surface area contributed by atoms with Gasteiger partial charge in [-0.25, -0.2) is 4.98 Å². The number of anilines is 1. The van der Waals surface area contributed by atoms with Gasteiger partial charge in [0, 0.05) is 61.1 Å². The molecule has 0 saturated carbocycles. The molecule has 5 heteroatoms. The van der Waals surface area contributed by atoms with E-state index in [4.69, 9.17) is 5.26 Å². The third-order valence-electron chi connectivity index (χ3n) is 4.51. The smallest absolute Gasteiger partial charge is 0.131 e. The van der Waals surface area contributed by atoms with Gasteiger partial charge in [-0.1, -0.05) is 6.07 Å². The van der Waals surface area contributed by atoms with E-state index in [-0.39, 0.29) is 0 Å². The van der Waals surface area contributed by atoms with E-state index >= 15 is 0 Å². The van der Waals surface area contributed by atoms with Crippen molar-refractivity contribution >= 4 is 5.82 Å². The van der Waals surface area contributed by atoms with Gasteiger partial charge in [0.1, 0.15) is 11.9 Å². The van der Waals surface area contributed by atoms with Crippen LogP contribution in [-0.2, 0) is 13.0 Å². The van der Waals surface area contributed by atoms with Gasteiger partial charge in [-0.2, -0.15) is 5.26 Å². The van der Waals surface area contributed by atoms with Crippen LogP contribution in [-0.4, -0.2) is 21.5 Å². The van der Waals surface area contributed by atoms with Crippen molar-refractivity contribution in [3.05, 3.63) is 71.4 Å². The molecule has 0 radical (unpaired) electrons. The third kappa shape index (κ3) is 2.94. The van der Waals surface area contributed by atoms with E-state index < -0.39 is 0 Å². The molecule has 3 aromatic rings. The summed E-state index contributed by atoms with van der Waals surface area (Å²) in [6, 6.07) is 10.2. The number of fused-ring (bicyclic) bond motifs is 1. The summed E-state index contributed by atoms with van der Waals surface area (Å²) in [5.74, 6) is 0.941. The number of nitriles is 1. The Morgan fingerprint density at radius 2 is 2.04 bits per heavy atom. The number of aromatic nitrogens is 3. The summed E-state index contributed by atoms with van der Waals surface area (Å²) < 4.78 is 0. The van der Waals surface area contributed by atoms with Gasteiger partial charge in [-0.3, -0.25) is 9.97 Å². The first kappa shape index (κ1) is 15.3. The zero-order valence-corrected chi connectivity index (χ0v) is 14.0. The Kier molecular flexibility index (Phi) is 3.87. The van der Waals surface area contributed by atoms with E-state index in [1.54, 1.807) is 12.4 Å². The molecule has 3 aromatic heterocycles. The molecule has 1 aliphatic rings. The van der Waals surface area contributed by atoms with Crippen LogP contribution in [0.25, 0.3) is 11.1 Å². The molecule has 0 fully saturated rings. The second-order valence-corrected chi connectivity index (χ2v) is 6.22. The molecule has 1 aliphatic heterocycles. The van der Waals surface area contributed by atoms with Gasteiger partial charge in [0.2, 0.25) is 0 Å². The topological polar surface area (TPSA) is 65.7 Å². The number of hydrogen-bond acceptors (Lipinski definition) is 5. The summed E-state index contributed by atoms with van der Waals surface area (Å²) in [6.45, 7) is 3.66. The van der Waals surface area contributed by atoms with Gasteiger partial charge >= 0.3 is 0 Å².